The maximum atomic E-state index is 13.7. The number of hydrogen-bond acceptors (Lipinski definition) is 2. The summed E-state index contributed by atoms with van der Waals surface area (Å²) in [5, 5.41) is 3.14. The molecule has 1 N–H and O–H groups in total. The summed E-state index contributed by atoms with van der Waals surface area (Å²) in [6, 6.07) is 2.62. The highest BCUT2D eigenvalue weighted by Crippen LogP contribution is 2.22. The van der Waals surface area contributed by atoms with Crippen LogP contribution in [0.5, 0.6) is 0 Å². The van der Waals surface area contributed by atoms with Crippen molar-refractivity contribution in [2.75, 3.05) is 19.6 Å². The van der Waals surface area contributed by atoms with Crippen LogP contribution in [0.4, 0.5) is 8.78 Å². The first-order chi connectivity index (χ1) is 8.52. The summed E-state index contributed by atoms with van der Waals surface area (Å²) in [7, 11) is 0. The number of hydrogen-bond donors (Lipinski definition) is 1. The molecule has 1 atom stereocenters. The second kappa shape index (κ2) is 5.32. The Bertz CT molecular complexity index is 481. The van der Waals surface area contributed by atoms with Crippen molar-refractivity contribution in [1.82, 2.24) is 10.2 Å². The third-order valence-electron chi connectivity index (χ3n) is 3.03. The lowest BCUT2D eigenvalue weighted by atomic mass is 10.1. The van der Waals surface area contributed by atoms with Gasteiger partial charge in [0.15, 0.2) is 11.6 Å². The van der Waals surface area contributed by atoms with Crippen LogP contribution in [0.1, 0.15) is 17.3 Å². The minimum Gasteiger partial charge on any atom is -0.333 e. The van der Waals surface area contributed by atoms with Gasteiger partial charge in [-0.3, -0.25) is 4.79 Å². The average molecular weight is 319 g/mol. The summed E-state index contributed by atoms with van der Waals surface area (Å²) in [4.78, 5) is 13.7. The van der Waals surface area contributed by atoms with Crippen molar-refractivity contribution < 1.29 is 13.6 Å². The second-order valence-electron chi connectivity index (χ2n) is 4.27. The molecule has 0 spiro atoms. The standard InChI is InChI=1S/C12H13BrF2N2O/c1-7-6-16-4-5-17(7)12(18)8-2-3-9(13)11(15)10(8)14/h2-3,7,16H,4-6H2,1H3/t7-/m1/s1. The summed E-state index contributed by atoms with van der Waals surface area (Å²) < 4.78 is 27.2. The van der Waals surface area contributed by atoms with Gasteiger partial charge in [-0.1, -0.05) is 0 Å². The van der Waals surface area contributed by atoms with E-state index in [-0.39, 0.29) is 16.1 Å². The predicted octanol–water partition coefficient (Wildman–Crippen LogP) is 2.16. The van der Waals surface area contributed by atoms with Crippen molar-refractivity contribution >= 4 is 21.8 Å². The normalized spacial score (nSPS) is 20.0. The van der Waals surface area contributed by atoms with Gasteiger partial charge in [0.1, 0.15) is 0 Å². The number of nitrogens with zero attached hydrogens (tertiary/aromatic N) is 1. The fraction of sp³-hybridized carbons (Fsp3) is 0.417. The van der Waals surface area contributed by atoms with Gasteiger partial charge in [0.2, 0.25) is 0 Å². The van der Waals surface area contributed by atoms with Gasteiger partial charge >= 0.3 is 0 Å². The van der Waals surface area contributed by atoms with E-state index in [1.165, 1.54) is 12.1 Å². The van der Waals surface area contributed by atoms with E-state index in [0.29, 0.717) is 19.6 Å². The quantitative estimate of drug-likeness (QED) is 0.805. The van der Waals surface area contributed by atoms with Crippen LogP contribution >= 0.6 is 15.9 Å². The highest BCUT2D eigenvalue weighted by Gasteiger charge is 2.27. The van der Waals surface area contributed by atoms with E-state index >= 15 is 0 Å². The Labute approximate surface area is 112 Å². The lowest BCUT2D eigenvalue weighted by molar-refractivity contribution is 0.0650. The molecule has 1 aliphatic heterocycles. The van der Waals surface area contributed by atoms with Crippen molar-refractivity contribution in [3.8, 4) is 0 Å². The Kier molecular flexibility index (Phi) is 3.97. The van der Waals surface area contributed by atoms with Crippen molar-refractivity contribution in [3.63, 3.8) is 0 Å². The number of nitrogens with one attached hydrogen (secondary N) is 1. The Morgan fingerprint density at radius 3 is 2.83 bits per heavy atom. The molecule has 0 aromatic heterocycles. The van der Waals surface area contributed by atoms with Gasteiger partial charge in [-0.25, -0.2) is 8.78 Å². The molecule has 1 aromatic rings. The third-order valence-corrected chi connectivity index (χ3v) is 3.64. The van der Waals surface area contributed by atoms with E-state index in [9.17, 15) is 13.6 Å². The molecule has 1 aliphatic rings. The van der Waals surface area contributed by atoms with Crippen LogP contribution in [0.3, 0.4) is 0 Å². The van der Waals surface area contributed by atoms with Crippen LogP contribution in [-0.4, -0.2) is 36.5 Å². The molecule has 0 saturated carbocycles. The number of piperazine rings is 1. The zero-order chi connectivity index (χ0) is 13.3. The van der Waals surface area contributed by atoms with Crippen molar-refractivity contribution in [3.05, 3.63) is 33.8 Å². The Balaban J connectivity index is 2.31. The minimum atomic E-state index is -1.10. The maximum Gasteiger partial charge on any atom is 0.257 e. The predicted molar refractivity (Wildman–Crippen MR) is 67.4 cm³/mol. The number of rotatable bonds is 1. The van der Waals surface area contributed by atoms with E-state index < -0.39 is 17.5 Å². The molecule has 1 amide bonds. The summed E-state index contributed by atoms with van der Waals surface area (Å²) in [6.07, 6.45) is 0. The van der Waals surface area contributed by atoms with Crippen LogP contribution < -0.4 is 5.32 Å². The lowest BCUT2D eigenvalue weighted by Gasteiger charge is -2.34. The van der Waals surface area contributed by atoms with E-state index in [4.69, 9.17) is 0 Å². The first-order valence-corrected chi connectivity index (χ1v) is 6.47. The van der Waals surface area contributed by atoms with Gasteiger partial charge in [-0.2, -0.15) is 0 Å². The number of carbonyl (C=O) groups is 1. The van der Waals surface area contributed by atoms with Gasteiger partial charge in [-0.15, -0.1) is 0 Å². The average Bonchev–Trinajstić information content (AvgIpc) is 2.36. The van der Waals surface area contributed by atoms with Crippen LogP contribution in [-0.2, 0) is 0 Å². The van der Waals surface area contributed by atoms with Gasteiger partial charge in [0, 0.05) is 25.7 Å². The van der Waals surface area contributed by atoms with Gasteiger partial charge < -0.3 is 10.2 Å². The van der Waals surface area contributed by atoms with Crippen LogP contribution in [0.15, 0.2) is 16.6 Å². The van der Waals surface area contributed by atoms with Crippen molar-refractivity contribution in [2.45, 2.75) is 13.0 Å². The molecule has 3 nitrogen and oxygen atoms in total. The third kappa shape index (κ3) is 2.40. The Hall–Kier alpha value is -1.01. The largest absolute Gasteiger partial charge is 0.333 e. The molecule has 2 rings (SSSR count). The minimum absolute atomic E-state index is 0.0184. The van der Waals surface area contributed by atoms with Crippen LogP contribution in [0, 0.1) is 11.6 Å². The molecule has 1 aromatic carbocycles. The number of carbonyl (C=O) groups excluding carboxylic acids is 1. The molecule has 0 aliphatic carbocycles. The Morgan fingerprint density at radius 1 is 1.44 bits per heavy atom. The fourth-order valence-electron chi connectivity index (χ4n) is 1.99. The zero-order valence-corrected chi connectivity index (χ0v) is 11.4. The number of amides is 1. The highest BCUT2D eigenvalue weighted by molar-refractivity contribution is 9.10. The molecule has 1 fully saturated rings. The fourth-order valence-corrected chi connectivity index (χ4v) is 2.29. The second-order valence-corrected chi connectivity index (χ2v) is 5.13. The van der Waals surface area contributed by atoms with Crippen LogP contribution in [0.25, 0.3) is 0 Å². The monoisotopic (exact) mass is 318 g/mol. The van der Waals surface area contributed by atoms with Crippen LogP contribution in [0.2, 0.25) is 0 Å². The molecule has 18 heavy (non-hydrogen) atoms. The highest BCUT2D eigenvalue weighted by atomic mass is 79.9. The molecule has 0 bridgehead atoms. The topological polar surface area (TPSA) is 32.3 Å². The first kappa shape index (κ1) is 13.4. The van der Waals surface area contributed by atoms with Crippen molar-refractivity contribution in [1.29, 1.82) is 0 Å². The van der Waals surface area contributed by atoms with E-state index in [2.05, 4.69) is 21.2 Å². The van der Waals surface area contributed by atoms with Gasteiger partial charge in [0.05, 0.1) is 10.0 Å². The summed E-state index contributed by atoms with van der Waals surface area (Å²) in [6.45, 7) is 3.69. The number of benzene rings is 1. The lowest BCUT2D eigenvalue weighted by Crippen LogP contribution is -2.52. The molecule has 6 heteroatoms. The molecule has 98 valence electrons. The molecule has 0 radical (unpaired) electrons. The molecular formula is C12H13BrF2N2O. The maximum absolute atomic E-state index is 13.7. The molecule has 0 unspecified atom stereocenters. The summed E-state index contributed by atoms with van der Waals surface area (Å²) >= 11 is 2.89. The summed E-state index contributed by atoms with van der Waals surface area (Å²) in [5.74, 6) is -2.59. The van der Waals surface area contributed by atoms with Gasteiger partial charge in [0.25, 0.3) is 5.91 Å². The number of halogens is 3. The van der Waals surface area contributed by atoms with Crippen molar-refractivity contribution in [2.24, 2.45) is 0 Å². The molecule has 1 saturated heterocycles. The van der Waals surface area contributed by atoms with Gasteiger partial charge in [-0.05, 0) is 35.0 Å². The molecular weight excluding hydrogens is 306 g/mol. The SMILES string of the molecule is C[C@@H]1CNCCN1C(=O)c1ccc(Br)c(F)c1F. The summed E-state index contributed by atoms with van der Waals surface area (Å²) in [5.41, 5.74) is -0.218. The first-order valence-electron chi connectivity index (χ1n) is 5.67. The smallest absolute Gasteiger partial charge is 0.257 e. The zero-order valence-electron chi connectivity index (χ0n) is 9.84. The Morgan fingerprint density at radius 2 is 2.17 bits per heavy atom. The van der Waals surface area contributed by atoms with E-state index in [0.717, 1.165) is 0 Å². The van der Waals surface area contributed by atoms with E-state index in [1.54, 1.807) is 4.90 Å². The van der Waals surface area contributed by atoms with E-state index in [1.807, 2.05) is 6.92 Å². The molecule has 1 heterocycles.